The maximum atomic E-state index is 5.61. The van der Waals surface area contributed by atoms with Crippen LogP contribution in [0.15, 0.2) is 29.5 Å². The normalized spacial score (nSPS) is 9.73. The Labute approximate surface area is 92.2 Å². The number of benzene rings is 1. The predicted octanol–water partition coefficient (Wildman–Crippen LogP) is 3.82. The van der Waals surface area contributed by atoms with Crippen LogP contribution in [-0.2, 0) is 0 Å². The van der Waals surface area contributed by atoms with Crippen molar-refractivity contribution in [2.24, 2.45) is 11.1 Å². The van der Waals surface area contributed by atoms with Crippen molar-refractivity contribution in [2.75, 3.05) is 0 Å². The summed E-state index contributed by atoms with van der Waals surface area (Å²) in [6, 6.07) is 8.88. The Balaban J connectivity index is 0.000000583. The molecule has 0 saturated carbocycles. The average molecular weight is 207 g/mol. The SMILES string of the molecule is CC(C)c1cccc(C(C)C)c1.N=NN. The smallest absolute Gasteiger partial charge is 0.0219 e. The van der Waals surface area contributed by atoms with E-state index in [-0.39, 0.29) is 0 Å². The highest BCUT2D eigenvalue weighted by Crippen LogP contribution is 2.20. The standard InChI is InChI=1S/C12H18.H3N3/c1-9(2)11-6-5-7-12(8-11)10(3)4;1-3-2/h5-10H,1-4H3;(H3,1,2). The minimum absolute atomic E-state index is 0.642. The maximum absolute atomic E-state index is 5.61. The lowest BCUT2D eigenvalue weighted by molar-refractivity contribution is 0.834. The predicted molar refractivity (Wildman–Crippen MR) is 64.0 cm³/mol. The Hall–Kier alpha value is -1.38. The molecule has 0 aromatic heterocycles. The van der Waals surface area contributed by atoms with Crippen LogP contribution < -0.4 is 5.84 Å². The molecule has 1 aromatic carbocycles. The molecule has 0 spiro atoms. The molecule has 0 amide bonds. The van der Waals surface area contributed by atoms with Gasteiger partial charge in [-0.1, -0.05) is 57.2 Å². The van der Waals surface area contributed by atoms with E-state index in [1.165, 1.54) is 11.1 Å². The topological polar surface area (TPSA) is 62.2 Å². The van der Waals surface area contributed by atoms with Crippen molar-refractivity contribution in [3.63, 3.8) is 0 Å². The van der Waals surface area contributed by atoms with Crippen LogP contribution in [0.2, 0.25) is 0 Å². The zero-order valence-corrected chi connectivity index (χ0v) is 9.99. The van der Waals surface area contributed by atoms with E-state index in [0.29, 0.717) is 11.8 Å². The van der Waals surface area contributed by atoms with Gasteiger partial charge in [-0.05, 0) is 23.0 Å². The van der Waals surface area contributed by atoms with Crippen molar-refractivity contribution < 1.29 is 0 Å². The molecule has 1 aromatic rings. The largest absolute Gasteiger partial charge is 0.305 e. The third-order valence-electron chi connectivity index (χ3n) is 2.24. The van der Waals surface area contributed by atoms with Crippen molar-refractivity contribution in [3.8, 4) is 0 Å². The van der Waals surface area contributed by atoms with E-state index in [2.05, 4.69) is 63.0 Å². The Morgan fingerprint density at radius 2 is 1.40 bits per heavy atom. The summed E-state index contributed by atoms with van der Waals surface area (Å²) in [6.07, 6.45) is 0. The van der Waals surface area contributed by atoms with E-state index < -0.39 is 0 Å². The van der Waals surface area contributed by atoms with Crippen LogP contribution in [0.4, 0.5) is 0 Å². The van der Waals surface area contributed by atoms with Gasteiger partial charge in [-0.3, -0.25) is 0 Å². The lowest BCUT2D eigenvalue weighted by Gasteiger charge is -2.09. The number of rotatable bonds is 2. The minimum atomic E-state index is 0.642. The molecule has 1 rings (SSSR count). The molecule has 0 radical (unpaired) electrons. The molecule has 3 heteroatoms. The quantitative estimate of drug-likeness (QED) is 0.432. The maximum Gasteiger partial charge on any atom is -0.0219 e. The zero-order chi connectivity index (χ0) is 11.8. The molecule has 3 nitrogen and oxygen atoms in total. The summed E-state index contributed by atoms with van der Waals surface area (Å²) in [7, 11) is 0. The Bertz CT molecular complexity index is 269. The summed E-state index contributed by atoms with van der Waals surface area (Å²) in [5.41, 5.74) is 8.50. The molecule has 0 aliphatic rings. The lowest BCUT2D eigenvalue weighted by atomic mass is 9.96. The molecule has 0 aliphatic heterocycles. The summed E-state index contributed by atoms with van der Waals surface area (Å²) in [5, 5.41) is 2.25. The van der Waals surface area contributed by atoms with Gasteiger partial charge < -0.3 is 5.84 Å². The molecule has 0 fully saturated rings. The van der Waals surface area contributed by atoms with Gasteiger partial charge in [0.15, 0.2) is 0 Å². The molecule has 0 saturated heterocycles. The van der Waals surface area contributed by atoms with E-state index in [0.717, 1.165) is 0 Å². The van der Waals surface area contributed by atoms with Crippen LogP contribution >= 0.6 is 0 Å². The van der Waals surface area contributed by atoms with Gasteiger partial charge in [0.25, 0.3) is 0 Å². The summed E-state index contributed by atoms with van der Waals surface area (Å²) in [4.78, 5) is 0. The summed E-state index contributed by atoms with van der Waals surface area (Å²) < 4.78 is 0. The molecule has 15 heavy (non-hydrogen) atoms. The van der Waals surface area contributed by atoms with Crippen LogP contribution in [-0.4, -0.2) is 0 Å². The van der Waals surface area contributed by atoms with Crippen LogP contribution in [0.25, 0.3) is 0 Å². The fourth-order valence-electron chi connectivity index (χ4n) is 1.28. The van der Waals surface area contributed by atoms with Gasteiger partial charge in [0.2, 0.25) is 0 Å². The van der Waals surface area contributed by atoms with Gasteiger partial charge in [-0.2, -0.15) is 5.53 Å². The van der Waals surface area contributed by atoms with Crippen LogP contribution in [0.5, 0.6) is 0 Å². The molecule has 84 valence electrons. The molecule has 0 bridgehead atoms. The zero-order valence-electron chi connectivity index (χ0n) is 9.99. The van der Waals surface area contributed by atoms with E-state index >= 15 is 0 Å². The number of nitrogens with zero attached hydrogens (tertiary/aromatic N) is 1. The second-order valence-electron chi connectivity index (χ2n) is 4.11. The molecule has 0 aliphatic carbocycles. The first-order valence-corrected chi connectivity index (χ1v) is 5.19. The van der Waals surface area contributed by atoms with Crippen molar-refractivity contribution >= 4 is 0 Å². The highest BCUT2D eigenvalue weighted by atomic mass is 15.2. The highest BCUT2D eigenvalue weighted by molar-refractivity contribution is 5.27. The highest BCUT2D eigenvalue weighted by Gasteiger charge is 2.02. The average Bonchev–Trinajstić information content (AvgIpc) is 2.19. The number of hydrogen-bond acceptors (Lipinski definition) is 2. The van der Waals surface area contributed by atoms with Crippen molar-refractivity contribution in [1.29, 1.82) is 5.53 Å². The Kier molecular flexibility index (Phi) is 6.34. The first kappa shape index (κ1) is 13.6. The summed E-state index contributed by atoms with van der Waals surface area (Å²) >= 11 is 0. The molecule has 0 unspecified atom stereocenters. The van der Waals surface area contributed by atoms with Crippen molar-refractivity contribution in [2.45, 2.75) is 39.5 Å². The Morgan fingerprint density at radius 1 is 1.07 bits per heavy atom. The van der Waals surface area contributed by atoms with Crippen molar-refractivity contribution in [3.05, 3.63) is 35.4 Å². The number of nitrogens with two attached hydrogens (primary N) is 1. The first-order chi connectivity index (χ1) is 7.02. The van der Waals surface area contributed by atoms with Gasteiger partial charge in [-0.15, -0.1) is 0 Å². The number of hydrogen-bond donors (Lipinski definition) is 2. The van der Waals surface area contributed by atoms with E-state index in [1.54, 1.807) is 0 Å². The fourth-order valence-corrected chi connectivity index (χ4v) is 1.28. The monoisotopic (exact) mass is 207 g/mol. The third kappa shape index (κ3) is 5.15. The van der Waals surface area contributed by atoms with Gasteiger partial charge in [0.1, 0.15) is 0 Å². The Morgan fingerprint density at radius 3 is 1.67 bits per heavy atom. The van der Waals surface area contributed by atoms with E-state index in [1.807, 2.05) is 0 Å². The van der Waals surface area contributed by atoms with Gasteiger partial charge in [0, 0.05) is 0 Å². The molecule has 3 N–H and O–H groups in total. The first-order valence-electron chi connectivity index (χ1n) is 5.19. The summed E-state index contributed by atoms with van der Waals surface area (Å²) in [6.45, 7) is 8.94. The minimum Gasteiger partial charge on any atom is -0.305 e. The second-order valence-corrected chi connectivity index (χ2v) is 4.11. The van der Waals surface area contributed by atoms with Crippen molar-refractivity contribution in [1.82, 2.24) is 0 Å². The van der Waals surface area contributed by atoms with Gasteiger partial charge >= 0.3 is 0 Å². The third-order valence-corrected chi connectivity index (χ3v) is 2.24. The van der Waals surface area contributed by atoms with E-state index in [4.69, 9.17) is 5.53 Å². The van der Waals surface area contributed by atoms with Crippen LogP contribution in [0, 0.1) is 5.53 Å². The number of nitrogens with one attached hydrogen (secondary N) is 1. The fraction of sp³-hybridized carbons (Fsp3) is 0.500. The molecule has 0 atom stereocenters. The molecule has 0 heterocycles. The van der Waals surface area contributed by atoms with Crippen LogP contribution in [0.1, 0.15) is 50.7 Å². The van der Waals surface area contributed by atoms with E-state index in [9.17, 15) is 0 Å². The van der Waals surface area contributed by atoms with Gasteiger partial charge in [0.05, 0.1) is 0 Å². The second kappa shape index (κ2) is 6.98. The van der Waals surface area contributed by atoms with Crippen LogP contribution in [0.3, 0.4) is 0 Å². The summed E-state index contributed by atoms with van der Waals surface area (Å²) in [5.74, 6) is 5.42. The molecular formula is C12H21N3. The van der Waals surface area contributed by atoms with Gasteiger partial charge in [-0.25, -0.2) is 0 Å². The lowest BCUT2D eigenvalue weighted by Crippen LogP contribution is -1.91. The molecular weight excluding hydrogens is 186 g/mol.